The monoisotopic (exact) mass is 281 g/mol. The minimum atomic E-state index is -0.412. The molecular weight excluding hydrogens is 254 g/mol. The van der Waals surface area contributed by atoms with Crippen LogP contribution in [-0.2, 0) is 11.3 Å². The van der Waals surface area contributed by atoms with E-state index < -0.39 is 6.10 Å². The molecule has 5 heteroatoms. The zero-order valence-electron chi connectivity index (χ0n) is 13.2. The number of aromatic nitrogens is 2. The summed E-state index contributed by atoms with van der Waals surface area (Å²) in [6.07, 6.45) is 4.19. The fourth-order valence-corrected chi connectivity index (χ4v) is 3.30. The summed E-state index contributed by atoms with van der Waals surface area (Å²) in [5, 5.41) is 14.3. The van der Waals surface area contributed by atoms with E-state index in [0.29, 0.717) is 19.1 Å². The molecule has 1 N–H and O–H groups in total. The first-order valence-corrected chi connectivity index (χ1v) is 7.21. The predicted octanol–water partition coefficient (Wildman–Crippen LogP) is 1.38. The summed E-state index contributed by atoms with van der Waals surface area (Å²) in [5.74, 6) is 0. The number of aliphatic hydroxyl groups is 1. The molecule has 1 aliphatic carbocycles. The van der Waals surface area contributed by atoms with Gasteiger partial charge < -0.3 is 14.7 Å². The van der Waals surface area contributed by atoms with Gasteiger partial charge in [0.25, 0.3) is 0 Å². The van der Waals surface area contributed by atoms with Crippen LogP contribution in [0.1, 0.15) is 27.2 Å². The molecule has 1 aliphatic rings. The molecule has 0 aliphatic heterocycles. The van der Waals surface area contributed by atoms with Gasteiger partial charge in [-0.1, -0.05) is 13.8 Å². The molecule has 1 saturated carbocycles. The lowest BCUT2D eigenvalue weighted by molar-refractivity contribution is -0.208. The fraction of sp³-hybridized carbons (Fsp3) is 0.800. The second-order valence-electron chi connectivity index (χ2n) is 6.70. The van der Waals surface area contributed by atoms with E-state index in [4.69, 9.17) is 4.74 Å². The molecule has 0 unspecified atom stereocenters. The molecular formula is C15H27N3O2. The zero-order chi connectivity index (χ0) is 15.0. The van der Waals surface area contributed by atoms with Crippen molar-refractivity contribution in [1.82, 2.24) is 14.7 Å². The van der Waals surface area contributed by atoms with E-state index in [1.807, 2.05) is 12.3 Å². The first kappa shape index (κ1) is 15.5. The van der Waals surface area contributed by atoms with Crippen LogP contribution < -0.4 is 0 Å². The van der Waals surface area contributed by atoms with Crippen LogP contribution in [0.3, 0.4) is 0 Å². The van der Waals surface area contributed by atoms with E-state index in [1.165, 1.54) is 0 Å². The van der Waals surface area contributed by atoms with Gasteiger partial charge in [0, 0.05) is 37.5 Å². The van der Waals surface area contributed by atoms with Crippen LogP contribution in [-0.4, -0.2) is 58.2 Å². The molecule has 5 nitrogen and oxygen atoms in total. The number of hydrogen-bond acceptors (Lipinski definition) is 4. The molecule has 0 radical (unpaired) electrons. The number of methoxy groups -OCH3 is 1. The first-order valence-electron chi connectivity index (χ1n) is 7.21. The van der Waals surface area contributed by atoms with Gasteiger partial charge in [-0.2, -0.15) is 5.10 Å². The topological polar surface area (TPSA) is 50.5 Å². The third-order valence-electron chi connectivity index (χ3n) is 5.22. The number of hydrogen-bond donors (Lipinski definition) is 1. The van der Waals surface area contributed by atoms with Gasteiger partial charge in [-0.15, -0.1) is 0 Å². The molecule has 114 valence electrons. The van der Waals surface area contributed by atoms with E-state index in [0.717, 1.165) is 6.42 Å². The predicted molar refractivity (Wildman–Crippen MR) is 78.5 cm³/mol. The summed E-state index contributed by atoms with van der Waals surface area (Å²) in [6.45, 7) is 7.82. The number of nitrogens with zero attached hydrogens (tertiary/aromatic N) is 3. The van der Waals surface area contributed by atoms with Gasteiger partial charge in [0.15, 0.2) is 0 Å². The molecule has 1 aromatic rings. The highest BCUT2D eigenvalue weighted by atomic mass is 16.5. The third-order valence-corrected chi connectivity index (χ3v) is 5.22. The Labute approximate surface area is 121 Å². The lowest BCUT2D eigenvalue weighted by Crippen LogP contribution is -2.68. The van der Waals surface area contributed by atoms with Crippen molar-refractivity contribution in [2.45, 2.75) is 51.5 Å². The maximum absolute atomic E-state index is 10.2. The molecule has 1 heterocycles. The van der Waals surface area contributed by atoms with Crippen LogP contribution in [0.15, 0.2) is 18.5 Å². The van der Waals surface area contributed by atoms with Crippen LogP contribution in [0, 0.1) is 5.41 Å². The van der Waals surface area contributed by atoms with Crippen LogP contribution in [0.4, 0.5) is 0 Å². The molecule has 1 fully saturated rings. The summed E-state index contributed by atoms with van der Waals surface area (Å²) in [7, 11) is 3.86. The summed E-state index contributed by atoms with van der Waals surface area (Å²) in [6, 6.07) is 2.30. The average Bonchev–Trinajstić information content (AvgIpc) is 2.87. The van der Waals surface area contributed by atoms with E-state index in [2.05, 4.69) is 37.8 Å². The fourth-order valence-electron chi connectivity index (χ4n) is 3.30. The molecule has 0 amide bonds. The third kappa shape index (κ3) is 2.62. The highest BCUT2D eigenvalue weighted by Gasteiger charge is 2.58. The lowest BCUT2D eigenvalue weighted by Gasteiger charge is -2.61. The minimum Gasteiger partial charge on any atom is -0.390 e. The Morgan fingerprint density at radius 3 is 2.70 bits per heavy atom. The molecule has 0 bridgehead atoms. The van der Waals surface area contributed by atoms with Gasteiger partial charge in [0.1, 0.15) is 0 Å². The Morgan fingerprint density at radius 1 is 1.50 bits per heavy atom. The van der Waals surface area contributed by atoms with E-state index in [-0.39, 0.29) is 11.0 Å². The van der Waals surface area contributed by atoms with E-state index in [1.54, 1.807) is 18.0 Å². The average molecular weight is 281 g/mol. The van der Waals surface area contributed by atoms with Crippen molar-refractivity contribution in [2.75, 3.05) is 20.7 Å². The van der Waals surface area contributed by atoms with E-state index >= 15 is 0 Å². The number of ether oxygens (including phenoxy) is 1. The highest BCUT2D eigenvalue weighted by Crippen LogP contribution is 2.53. The van der Waals surface area contributed by atoms with Crippen molar-refractivity contribution in [2.24, 2.45) is 5.41 Å². The second-order valence-corrected chi connectivity index (χ2v) is 6.70. The van der Waals surface area contributed by atoms with Gasteiger partial charge in [-0.25, -0.2) is 0 Å². The number of likely N-dealkylation sites (N-methyl/N-ethyl adjacent to an activating group) is 1. The Kier molecular flexibility index (Phi) is 4.23. The zero-order valence-corrected chi connectivity index (χ0v) is 13.2. The Balaban J connectivity index is 1.88. The summed E-state index contributed by atoms with van der Waals surface area (Å²) >= 11 is 0. The second kappa shape index (κ2) is 5.47. The van der Waals surface area contributed by atoms with Gasteiger partial charge in [0.05, 0.1) is 18.2 Å². The minimum absolute atomic E-state index is 0.0706. The van der Waals surface area contributed by atoms with Crippen LogP contribution >= 0.6 is 0 Å². The van der Waals surface area contributed by atoms with Gasteiger partial charge >= 0.3 is 0 Å². The smallest absolute Gasteiger partial charge is 0.0862 e. The van der Waals surface area contributed by atoms with Crippen molar-refractivity contribution >= 4 is 0 Å². The normalized spacial score (nSPS) is 30.2. The number of rotatable bonds is 6. The summed E-state index contributed by atoms with van der Waals surface area (Å²) in [5.41, 5.74) is 0.0147. The van der Waals surface area contributed by atoms with Crippen LogP contribution in [0.25, 0.3) is 0 Å². The van der Waals surface area contributed by atoms with Crippen molar-refractivity contribution in [3.63, 3.8) is 0 Å². The maximum Gasteiger partial charge on any atom is 0.0862 e. The molecule has 2 rings (SSSR count). The SMILES string of the molecule is CO[C@]1(C)C[C@H](N(C)C[C@@H](O)Cn2cccn2)C1(C)C. The standard InChI is InChI=1S/C15H27N3O2/c1-14(2)13(9-15(14,3)20-5)17(4)10-12(19)11-18-8-6-7-16-18/h6-8,12-13,19H,9-11H2,1-5H3/t12-,13+,15-/m1/s1. The van der Waals surface area contributed by atoms with Crippen molar-refractivity contribution < 1.29 is 9.84 Å². The quantitative estimate of drug-likeness (QED) is 0.856. The Hall–Kier alpha value is -0.910. The highest BCUT2D eigenvalue weighted by molar-refractivity contribution is 5.11. The van der Waals surface area contributed by atoms with Crippen molar-refractivity contribution in [3.05, 3.63) is 18.5 Å². The van der Waals surface area contributed by atoms with Crippen LogP contribution in [0.5, 0.6) is 0 Å². The molecule has 0 aromatic carbocycles. The van der Waals surface area contributed by atoms with Gasteiger partial charge in [-0.05, 0) is 26.5 Å². The molecule has 20 heavy (non-hydrogen) atoms. The molecule has 3 atom stereocenters. The Morgan fingerprint density at radius 2 is 2.20 bits per heavy atom. The van der Waals surface area contributed by atoms with Crippen molar-refractivity contribution in [1.29, 1.82) is 0 Å². The lowest BCUT2D eigenvalue weighted by atomic mass is 9.55. The van der Waals surface area contributed by atoms with Gasteiger partial charge in [0.2, 0.25) is 0 Å². The maximum atomic E-state index is 10.2. The first-order chi connectivity index (χ1) is 9.30. The molecule has 1 aromatic heterocycles. The van der Waals surface area contributed by atoms with Gasteiger partial charge in [-0.3, -0.25) is 4.68 Å². The largest absolute Gasteiger partial charge is 0.390 e. The molecule has 0 saturated heterocycles. The summed E-state index contributed by atoms with van der Waals surface area (Å²) < 4.78 is 7.42. The summed E-state index contributed by atoms with van der Waals surface area (Å²) in [4.78, 5) is 2.24. The van der Waals surface area contributed by atoms with Crippen molar-refractivity contribution in [3.8, 4) is 0 Å². The van der Waals surface area contributed by atoms with Crippen LogP contribution in [0.2, 0.25) is 0 Å². The molecule has 0 spiro atoms. The van der Waals surface area contributed by atoms with E-state index in [9.17, 15) is 5.11 Å². The Bertz CT molecular complexity index is 432. The number of aliphatic hydroxyl groups excluding tert-OH is 1.